The van der Waals surface area contributed by atoms with Crippen molar-refractivity contribution >= 4 is 28.4 Å². The Bertz CT molecular complexity index is 1190. The van der Waals surface area contributed by atoms with E-state index in [1.54, 1.807) is 36.2 Å². The van der Waals surface area contributed by atoms with Crippen LogP contribution in [-0.4, -0.2) is 54.0 Å². The Kier molecular flexibility index (Phi) is 3.49. The van der Waals surface area contributed by atoms with Gasteiger partial charge in [0.15, 0.2) is 11.3 Å². The SMILES string of the molecule is Cn1c(NCC2CN(c3ccc4nncn4n3)C2)nc2ncccc2c1=O. The number of pyridine rings is 1. The van der Waals surface area contributed by atoms with Gasteiger partial charge < -0.3 is 10.2 Å². The molecule has 1 fully saturated rings. The average Bonchev–Trinajstić information content (AvgIpc) is 3.12. The highest BCUT2D eigenvalue weighted by Crippen LogP contribution is 2.23. The molecular weight excluding hydrogens is 346 g/mol. The van der Waals surface area contributed by atoms with Crippen molar-refractivity contribution in [1.29, 1.82) is 0 Å². The maximum Gasteiger partial charge on any atom is 0.264 e. The lowest BCUT2D eigenvalue weighted by Gasteiger charge is -2.40. The van der Waals surface area contributed by atoms with Crippen LogP contribution in [0.2, 0.25) is 0 Å². The summed E-state index contributed by atoms with van der Waals surface area (Å²) < 4.78 is 3.20. The lowest BCUT2D eigenvalue weighted by molar-refractivity contribution is 0.423. The van der Waals surface area contributed by atoms with Crippen molar-refractivity contribution in [3.05, 3.63) is 47.1 Å². The quantitative estimate of drug-likeness (QED) is 0.552. The topological polar surface area (TPSA) is 106 Å². The van der Waals surface area contributed by atoms with Crippen molar-refractivity contribution in [2.75, 3.05) is 29.9 Å². The van der Waals surface area contributed by atoms with E-state index in [2.05, 4.69) is 35.5 Å². The first-order valence-electron chi connectivity index (χ1n) is 8.67. The van der Waals surface area contributed by atoms with E-state index in [1.165, 1.54) is 4.57 Å². The highest BCUT2D eigenvalue weighted by Gasteiger charge is 2.28. The van der Waals surface area contributed by atoms with Crippen LogP contribution in [0.4, 0.5) is 11.8 Å². The van der Waals surface area contributed by atoms with Crippen molar-refractivity contribution in [3.8, 4) is 0 Å². The fourth-order valence-electron chi connectivity index (χ4n) is 3.27. The Balaban J connectivity index is 1.26. The van der Waals surface area contributed by atoms with E-state index in [0.717, 1.165) is 31.1 Å². The average molecular weight is 363 g/mol. The zero-order valence-electron chi connectivity index (χ0n) is 14.6. The van der Waals surface area contributed by atoms with Crippen molar-refractivity contribution < 1.29 is 0 Å². The van der Waals surface area contributed by atoms with Crippen molar-refractivity contribution in [2.24, 2.45) is 13.0 Å². The number of hydrogen-bond acceptors (Lipinski definition) is 8. The Morgan fingerprint density at radius 3 is 3.04 bits per heavy atom. The minimum Gasteiger partial charge on any atom is -0.355 e. The second-order valence-corrected chi connectivity index (χ2v) is 6.65. The number of nitrogens with one attached hydrogen (secondary N) is 1. The molecule has 10 nitrogen and oxygen atoms in total. The highest BCUT2D eigenvalue weighted by molar-refractivity contribution is 5.74. The van der Waals surface area contributed by atoms with Gasteiger partial charge >= 0.3 is 0 Å². The van der Waals surface area contributed by atoms with E-state index in [9.17, 15) is 4.79 Å². The largest absolute Gasteiger partial charge is 0.355 e. The normalized spacial score (nSPS) is 14.6. The zero-order chi connectivity index (χ0) is 18.4. The summed E-state index contributed by atoms with van der Waals surface area (Å²) in [6.07, 6.45) is 3.24. The van der Waals surface area contributed by atoms with Gasteiger partial charge in [-0.1, -0.05) is 0 Å². The van der Waals surface area contributed by atoms with Crippen LogP contribution in [-0.2, 0) is 7.05 Å². The molecular formula is C17H17N9O. The Morgan fingerprint density at radius 2 is 2.15 bits per heavy atom. The fraction of sp³-hybridized carbons (Fsp3) is 0.294. The summed E-state index contributed by atoms with van der Waals surface area (Å²) in [7, 11) is 1.72. The second kappa shape index (κ2) is 6.01. The molecule has 0 atom stereocenters. The Morgan fingerprint density at radius 1 is 1.26 bits per heavy atom. The smallest absolute Gasteiger partial charge is 0.264 e. The van der Waals surface area contributed by atoms with Gasteiger partial charge in [0.2, 0.25) is 5.95 Å². The molecule has 1 N–H and O–H groups in total. The molecule has 5 rings (SSSR count). The second-order valence-electron chi connectivity index (χ2n) is 6.65. The first-order valence-corrected chi connectivity index (χ1v) is 8.67. The molecule has 0 amide bonds. The van der Waals surface area contributed by atoms with Crippen LogP contribution in [0, 0.1) is 5.92 Å². The van der Waals surface area contributed by atoms with Crippen molar-refractivity contribution in [2.45, 2.75) is 0 Å². The van der Waals surface area contributed by atoms with Gasteiger partial charge in [0.1, 0.15) is 12.1 Å². The van der Waals surface area contributed by atoms with E-state index in [4.69, 9.17) is 0 Å². The molecule has 5 heterocycles. The number of fused-ring (bicyclic) bond motifs is 2. The molecule has 0 unspecified atom stereocenters. The summed E-state index contributed by atoms with van der Waals surface area (Å²) in [4.78, 5) is 23.3. The van der Waals surface area contributed by atoms with Crippen LogP contribution in [0.1, 0.15) is 0 Å². The van der Waals surface area contributed by atoms with Crippen LogP contribution in [0.3, 0.4) is 0 Å². The molecule has 136 valence electrons. The summed E-state index contributed by atoms with van der Waals surface area (Å²) in [5.74, 6) is 1.88. The van der Waals surface area contributed by atoms with Gasteiger partial charge in [0.25, 0.3) is 5.56 Å². The third-order valence-corrected chi connectivity index (χ3v) is 4.83. The maximum absolute atomic E-state index is 12.4. The highest BCUT2D eigenvalue weighted by atomic mass is 16.1. The first-order chi connectivity index (χ1) is 13.2. The van der Waals surface area contributed by atoms with E-state index >= 15 is 0 Å². The molecule has 1 aliphatic heterocycles. The van der Waals surface area contributed by atoms with Crippen LogP contribution in [0.15, 0.2) is 41.6 Å². The van der Waals surface area contributed by atoms with Gasteiger partial charge in [-0.3, -0.25) is 9.36 Å². The molecule has 0 bridgehead atoms. The van der Waals surface area contributed by atoms with Crippen LogP contribution in [0.5, 0.6) is 0 Å². The van der Waals surface area contributed by atoms with Crippen LogP contribution >= 0.6 is 0 Å². The predicted molar refractivity (Wildman–Crippen MR) is 99.8 cm³/mol. The first kappa shape index (κ1) is 15.7. The number of anilines is 2. The van der Waals surface area contributed by atoms with Gasteiger partial charge in [-0.25, -0.2) is 4.98 Å². The molecule has 4 aromatic heterocycles. The van der Waals surface area contributed by atoms with Crippen LogP contribution < -0.4 is 15.8 Å². The molecule has 0 saturated carbocycles. The van der Waals surface area contributed by atoms with E-state index < -0.39 is 0 Å². The molecule has 27 heavy (non-hydrogen) atoms. The van der Waals surface area contributed by atoms with E-state index in [1.807, 2.05) is 12.1 Å². The summed E-state index contributed by atoms with van der Waals surface area (Å²) in [6.45, 7) is 2.49. The predicted octanol–water partition coefficient (Wildman–Crippen LogP) is 0.314. The third-order valence-electron chi connectivity index (χ3n) is 4.83. The lowest BCUT2D eigenvalue weighted by atomic mass is 10.0. The minimum absolute atomic E-state index is 0.0997. The zero-order valence-corrected chi connectivity index (χ0v) is 14.6. The van der Waals surface area contributed by atoms with E-state index in [-0.39, 0.29) is 5.56 Å². The summed E-state index contributed by atoms with van der Waals surface area (Å²) >= 11 is 0. The minimum atomic E-state index is -0.0997. The lowest BCUT2D eigenvalue weighted by Crippen LogP contribution is -2.50. The van der Waals surface area contributed by atoms with Crippen LogP contribution in [0.25, 0.3) is 16.7 Å². The molecule has 0 aliphatic carbocycles. The van der Waals surface area contributed by atoms with Gasteiger partial charge in [-0.15, -0.1) is 15.3 Å². The molecule has 0 aromatic carbocycles. The van der Waals surface area contributed by atoms with E-state index in [0.29, 0.717) is 22.9 Å². The van der Waals surface area contributed by atoms with Gasteiger partial charge in [-0.2, -0.15) is 9.50 Å². The number of nitrogens with zero attached hydrogens (tertiary/aromatic N) is 8. The number of rotatable bonds is 4. The molecule has 4 aromatic rings. The molecule has 1 saturated heterocycles. The molecule has 0 spiro atoms. The number of aromatic nitrogens is 7. The maximum atomic E-state index is 12.4. The number of hydrogen-bond donors (Lipinski definition) is 1. The monoisotopic (exact) mass is 363 g/mol. The van der Waals surface area contributed by atoms with Gasteiger partial charge in [-0.05, 0) is 24.3 Å². The summed E-state index contributed by atoms with van der Waals surface area (Å²) in [5.41, 5.74) is 1.09. The fourth-order valence-corrected chi connectivity index (χ4v) is 3.27. The van der Waals surface area contributed by atoms with Crippen molar-refractivity contribution in [3.63, 3.8) is 0 Å². The molecule has 1 aliphatic rings. The third kappa shape index (κ3) is 2.65. The Labute approximate surface area is 153 Å². The summed E-state index contributed by atoms with van der Waals surface area (Å²) in [5, 5.41) is 16.1. The Hall–Kier alpha value is -3.56. The van der Waals surface area contributed by atoms with Gasteiger partial charge in [0, 0.05) is 38.8 Å². The molecule has 10 heteroatoms. The van der Waals surface area contributed by atoms with Crippen molar-refractivity contribution in [1.82, 2.24) is 34.3 Å². The summed E-state index contributed by atoms with van der Waals surface area (Å²) in [6, 6.07) is 7.34. The van der Waals surface area contributed by atoms with Gasteiger partial charge in [0.05, 0.1) is 5.39 Å². The molecule has 0 radical (unpaired) electrons. The standard InChI is InChI=1S/C17H17N9O/c1-24-16(27)12-3-2-6-18-15(12)21-17(24)19-7-11-8-25(9-11)14-5-4-13-22-20-10-26(13)23-14/h2-6,10-11H,7-9H2,1H3,(H,18,19,21).